The van der Waals surface area contributed by atoms with E-state index in [1.165, 1.54) is 25.7 Å². The van der Waals surface area contributed by atoms with Gasteiger partial charge in [-0.2, -0.15) is 0 Å². The van der Waals surface area contributed by atoms with Crippen molar-refractivity contribution in [3.05, 3.63) is 12.7 Å². The Hall–Kier alpha value is -1.36. The molecule has 0 spiro atoms. The van der Waals surface area contributed by atoms with Gasteiger partial charge in [0.15, 0.2) is 6.04 Å². The zero-order chi connectivity index (χ0) is 15.7. The molecule has 1 saturated carbocycles. The van der Waals surface area contributed by atoms with Crippen molar-refractivity contribution in [1.29, 1.82) is 0 Å². The van der Waals surface area contributed by atoms with Crippen LogP contribution in [-0.2, 0) is 14.3 Å². The first-order valence-corrected chi connectivity index (χ1v) is 7.80. The van der Waals surface area contributed by atoms with Crippen molar-refractivity contribution in [1.82, 2.24) is 5.32 Å². The second-order valence-corrected chi connectivity index (χ2v) is 5.72. The van der Waals surface area contributed by atoms with Gasteiger partial charge in [0.1, 0.15) is 0 Å². The van der Waals surface area contributed by atoms with Gasteiger partial charge < -0.3 is 15.2 Å². The number of carbonyl (C=O) groups is 2. The number of amides is 1. The molecular formula is C16H27NO4. The van der Waals surface area contributed by atoms with E-state index in [0.717, 1.165) is 12.8 Å². The molecule has 0 aromatic heterocycles. The molecule has 2 N–H and O–H groups in total. The van der Waals surface area contributed by atoms with Crippen LogP contribution in [0.15, 0.2) is 12.7 Å². The van der Waals surface area contributed by atoms with Crippen LogP contribution in [0.25, 0.3) is 0 Å². The molecule has 2 atom stereocenters. The molecule has 1 aliphatic rings. The van der Waals surface area contributed by atoms with E-state index in [1.807, 2.05) is 6.92 Å². The molecule has 1 amide bonds. The molecule has 0 saturated heterocycles. The van der Waals surface area contributed by atoms with E-state index in [0.29, 0.717) is 5.92 Å². The quantitative estimate of drug-likeness (QED) is 0.479. The van der Waals surface area contributed by atoms with E-state index < -0.39 is 12.0 Å². The molecular weight excluding hydrogens is 270 g/mol. The van der Waals surface area contributed by atoms with Gasteiger partial charge in [0.25, 0.3) is 0 Å². The van der Waals surface area contributed by atoms with Crippen LogP contribution in [0.1, 0.15) is 45.4 Å². The average Bonchev–Trinajstić information content (AvgIpc) is 2.96. The lowest BCUT2D eigenvalue weighted by atomic mass is 9.90. The lowest BCUT2D eigenvalue weighted by molar-refractivity contribution is -0.144. The molecule has 120 valence electrons. The van der Waals surface area contributed by atoms with Gasteiger partial charge >= 0.3 is 5.97 Å². The van der Waals surface area contributed by atoms with Gasteiger partial charge in [-0.25, -0.2) is 4.79 Å². The number of rotatable bonds is 10. The minimum Gasteiger partial charge on any atom is -0.480 e. The predicted molar refractivity (Wildman–Crippen MR) is 80.9 cm³/mol. The van der Waals surface area contributed by atoms with E-state index >= 15 is 0 Å². The topological polar surface area (TPSA) is 75.6 Å². The highest BCUT2D eigenvalue weighted by molar-refractivity contribution is 5.85. The minimum absolute atomic E-state index is 0.0348. The smallest absolute Gasteiger partial charge is 0.328 e. The SMILES string of the molecule is C=CCOCC(NC(=O)C(CC)CC1CCCC1)C(=O)O. The number of hydrogen-bond donors (Lipinski definition) is 2. The van der Waals surface area contributed by atoms with Gasteiger partial charge in [0.2, 0.25) is 5.91 Å². The molecule has 0 radical (unpaired) electrons. The Morgan fingerprint density at radius 3 is 2.62 bits per heavy atom. The molecule has 21 heavy (non-hydrogen) atoms. The van der Waals surface area contributed by atoms with Crippen molar-refractivity contribution in [3.63, 3.8) is 0 Å². The van der Waals surface area contributed by atoms with Crippen LogP contribution in [-0.4, -0.2) is 36.2 Å². The summed E-state index contributed by atoms with van der Waals surface area (Å²) in [5, 5.41) is 11.7. The monoisotopic (exact) mass is 297 g/mol. The minimum atomic E-state index is -1.07. The molecule has 0 aliphatic heterocycles. The predicted octanol–water partition coefficient (Wildman–Crippen LogP) is 2.36. The number of aliphatic carboxylic acids is 1. The summed E-state index contributed by atoms with van der Waals surface area (Å²) in [5.74, 6) is -0.725. The standard InChI is InChI=1S/C16H27NO4/c1-3-9-21-11-14(16(19)20)17-15(18)13(4-2)10-12-7-5-6-8-12/h3,12-14H,1,4-11H2,2H3,(H,17,18)(H,19,20). The Morgan fingerprint density at radius 1 is 1.43 bits per heavy atom. The van der Waals surface area contributed by atoms with Gasteiger partial charge in [-0.15, -0.1) is 6.58 Å². The first kappa shape index (κ1) is 17.7. The fourth-order valence-corrected chi connectivity index (χ4v) is 2.84. The van der Waals surface area contributed by atoms with Crippen LogP contribution in [0.5, 0.6) is 0 Å². The Bertz CT molecular complexity index is 350. The van der Waals surface area contributed by atoms with Crippen LogP contribution in [0, 0.1) is 11.8 Å². The zero-order valence-corrected chi connectivity index (χ0v) is 12.8. The van der Waals surface area contributed by atoms with Crippen LogP contribution >= 0.6 is 0 Å². The molecule has 0 heterocycles. The third-order valence-corrected chi connectivity index (χ3v) is 4.09. The normalized spacial score (nSPS) is 18.1. The molecule has 5 nitrogen and oxygen atoms in total. The summed E-state index contributed by atoms with van der Waals surface area (Å²) in [4.78, 5) is 23.4. The molecule has 0 bridgehead atoms. The van der Waals surface area contributed by atoms with Crippen molar-refractivity contribution >= 4 is 11.9 Å². The van der Waals surface area contributed by atoms with E-state index in [4.69, 9.17) is 9.84 Å². The highest BCUT2D eigenvalue weighted by Crippen LogP contribution is 2.31. The van der Waals surface area contributed by atoms with Gasteiger partial charge in [-0.05, 0) is 18.8 Å². The van der Waals surface area contributed by atoms with E-state index in [9.17, 15) is 9.59 Å². The maximum atomic E-state index is 12.3. The average molecular weight is 297 g/mol. The second-order valence-electron chi connectivity index (χ2n) is 5.72. The van der Waals surface area contributed by atoms with Crippen molar-refractivity contribution in [2.24, 2.45) is 11.8 Å². The van der Waals surface area contributed by atoms with Crippen LogP contribution in [0.2, 0.25) is 0 Å². The van der Waals surface area contributed by atoms with Gasteiger partial charge in [-0.3, -0.25) is 4.79 Å². The Labute approximate surface area is 126 Å². The first-order chi connectivity index (χ1) is 10.1. The molecule has 1 aliphatic carbocycles. The summed E-state index contributed by atoms with van der Waals surface area (Å²) in [5.41, 5.74) is 0. The van der Waals surface area contributed by atoms with Crippen LogP contribution in [0.3, 0.4) is 0 Å². The fraction of sp³-hybridized carbons (Fsp3) is 0.750. The van der Waals surface area contributed by atoms with E-state index in [-0.39, 0.29) is 25.0 Å². The van der Waals surface area contributed by atoms with Gasteiger partial charge in [-0.1, -0.05) is 38.7 Å². The second kappa shape index (κ2) is 9.55. The number of hydrogen-bond acceptors (Lipinski definition) is 3. The largest absolute Gasteiger partial charge is 0.480 e. The van der Waals surface area contributed by atoms with Crippen molar-refractivity contribution < 1.29 is 19.4 Å². The highest BCUT2D eigenvalue weighted by atomic mass is 16.5. The van der Waals surface area contributed by atoms with Crippen LogP contribution < -0.4 is 5.32 Å². The van der Waals surface area contributed by atoms with Crippen molar-refractivity contribution in [2.45, 2.75) is 51.5 Å². The third-order valence-electron chi connectivity index (χ3n) is 4.09. The third kappa shape index (κ3) is 6.29. The van der Waals surface area contributed by atoms with E-state index in [1.54, 1.807) is 6.08 Å². The summed E-state index contributed by atoms with van der Waals surface area (Å²) in [7, 11) is 0. The number of carbonyl (C=O) groups excluding carboxylic acids is 1. The molecule has 1 fully saturated rings. The summed E-state index contributed by atoms with van der Waals surface area (Å²) in [6.07, 6.45) is 8.02. The molecule has 0 aromatic rings. The molecule has 5 heteroatoms. The number of carboxylic acids is 1. The molecule has 0 aromatic carbocycles. The summed E-state index contributed by atoms with van der Waals surface area (Å²) in [6.45, 7) is 5.72. The highest BCUT2D eigenvalue weighted by Gasteiger charge is 2.27. The first-order valence-electron chi connectivity index (χ1n) is 7.80. The number of nitrogens with one attached hydrogen (secondary N) is 1. The Kier molecular flexibility index (Phi) is 8.05. The fourth-order valence-electron chi connectivity index (χ4n) is 2.84. The molecule has 2 unspecified atom stereocenters. The molecule has 1 rings (SSSR count). The lowest BCUT2D eigenvalue weighted by Gasteiger charge is -2.21. The Balaban J connectivity index is 2.48. The van der Waals surface area contributed by atoms with Crippen molar-refractivity contribution in [3.8, 4) is 0 Å². The van der Waals surface area contributed by atoms with E-state index in [2.05, 4.69) is 11.9 Å². The maximum absolute atomic E-state index is 12.3. The van der Waals surface area contributed by atoms with Crippen LogP contribution in [0.4, 0.5) is 0 Å². The maximum Gasteiger partial charge on any atom is 0.328 e. The number of ether oxygens (including phenoxy) is 1. The van der Waals surface area contributed by atoms with Gasteiger partial charge in [0, 0.05) is 5.92 Å². The lowest BCUT2D eigenvalue weighted by Crippen LogP contribution is -2.46. The van der Waals surface area contributed by atoms with Crippen molar-refractivity contribution in [2.75, 3.05) is 13.2 Å². The summed E-state index contributed by atoms with van der Waals surface area (Å²) >= 11 is 0. The number of carboxylic acid groups (broad SMARTS) is 1. The summed E-state index contributed by atoms with van der Waals surface area (Å²) < 4.78 is 5.14. The van der Waals surface area contributed by atoms with Gasteiger partial charge in [0.05, 0.1) is 13.2 Å². The Morgan fingerprint density at radius 2 is 2.10 bits per heavy atom. The zero-order valence-electron chi connectivity index (χ0n) is 12.8. The summed E-state index contributed by atoms with van der Waals surface area (Å²) in [6, 6.07) is -0.991.